The molecule has 0 spiro atoms. The third kappa shape index (κ3) is 7.58. The molecule has 2 atom stereocenters. The van der Waals surface area contributed by atoms with E-state index >= 15 is 0 Å². The summed E-state index contributed by atoms with van der Waals surface area (Å²) < 4.78 is 0. The summed E-state index contributed by atoms with van der Waals surface area (Å²) in [5.74, 6) is 0. The molecule has 0 amide bonds. The van der Waals surface area contributed by atoms with Crippen molar-refractivity contribution in [3.8, 4) is 22.3 Å². The van der Waals surface area contributed by atoms with Crippen LogP contribution in [0.1, 0.15) is 33.4 Å². The molecule has 2 heteroatoms. The molecule has 0 N–H and O–H groups in total. The average Bonchev–Trinajstić information content (AvgIpc) is 1.46. The first kappa shape index (κ1) is 54.2. The SMILES string of the molecule is c1ccc(N(c2ccc3ccc4ccccc4c3c2)c2cc3c(c4ccccc24)-c2c(ccc4ccccc24)C3(c2ccccc2)C2(c3ccccc3)c3ccc4ccccc4c3-c3c2cc(N(c2ccccc2)c2ccc4ccc5ccccc5c4c2)c2ccccc32)cc1. The molecular formula is C94H60N2. The molecule has 18 aromatic carbocycles. The van der Waals surface area contributed by atoms with Crippen molar-refractivity contribution in [1.29, 1.82) is 0 Å². The van der Waals surface area contributed by atoms with Gasteiger partial charge in [-0.15, -0.1) is 0 Å². The van der Waals surface area contributed by atoms with Crippen LogP contribution in [-0.2, 0) is 10.8 Å². The minimum atomic E-state index is -1.02. The number of fused-ring (bicyclic) bond motifs is 20. The molecule has 446 valence electrons. The topological polar surface area (TPSA) is 6.48 Å². The molecule has 0 saturated carbocycles. The van der Waals surface area contributed by atoms with E-state index in [1.807, 2.05) is 0 Å². The normalized spacial score (nSPS) is 15.4. The number of hydrogen-bond donors (Lipinski definition) is 0. The average molecular weight is 1220 g/mol. The van der Waals surface area contributed by atoms with Gasteiger partial charge < -0.3 is 9.80 Å². The van der Waals surface area contributed by atoms with Crippen molar-refractivity contribution >= 4 is 120 Å². The van der Waals surface area contributed by atoms with Gasteiger partial charge in [0, 0.05) is 33.5 Å². The van der Waals surface area contributed by atoms with Crippen LogP contribution in [0.25, 0.3) is 108 Å². The third-order valence-electron chi connectivity index (χ3n) is 21.5. The van der Waals surface area contributed by atoms with Crippen molar-refractivity contribution < 1.29 is 0 Å². The highest BCUT2D eigenvalue weighted by atomic mass is 15.2. The molecule has 18 aromatic rings. The molecule has 0 fully saturated rings. The molecule has 2 unspecified atom stereocenters. The van der Waals surface area contributed by atoms with E-state index in [1.165, 1.54) is 142 Å². The molecule has 0 saturated heterocycles. The molecule has 0 aliphatic heterocycles. The Balaban J connectivity index is 0.999. The van der Waals surface area contributed by atoms with Gasteiger partial charge in [0.05, 0.1) is 22.2 Å². The van der Waals surface area contributed by atoms with E-state index in [1.54, 1.807) is 0 Å². The molecule has 96 heavy (non-hydrogen) atoms. The van der Waals surface area contributed by atoms with Crippen LogP contribution < -0.4 is 9.80 Å². The largest absolute Gasteiger partial charge is 0.310 e. The highest BCUT2D eigenvalue weighted by Crippen LogP contribution is 2.73. The molecule has 2 aliphatic carbocycles. The second kappa shape index (κ2) is 21.1. The number of nitrogens with zero attached hydrogens (tertiary/aromatic N) is 2. The van der Waals surface area contributed by atoms with Crippen LogP contribution in [0, 0.1) is 0 Å². The molecule has 0 aromatic heterocycles. The maximum atomic E-state index is 2.65. The number of hydrogen-bond acceptors (Lipinski definition) is 2. The smallest absolute Gasteiger partial charge is 0.0642 e. The van der Waals surface area contributed by atoms with Crippen molar-refractivity contribution in [2.24, 2.45) is 0 Å². The van der Waals surface area contributed by atoms with E-state index in [2.05, 4.69) is 374 Å². The van der Waals surface area contributed by atoms with Gasteiger partial charge in [0.1, 0.15) is 0 Å². The number of para-hydroxylation sites is 2. The zero-order chi connectivity index (χ0) is 63.1. The highest BCUT2D eigenvalue weighted by Gasteiger charge is 2.65. The van der Waals surface area contributed by atoms with E-state index in [0.29, 0.717) is 0 Å². The zero-order valence-corrected chi connectivity index (χ0v) is 52.5. The van der Waals surface area contributed by atoms with Gasteiger partial charge in [0.2, 0.25) is 0 Å². The second-order valence-electron chi connectivity index (χ2n) is 26.1. The van der Waals surface area contributed by atoms with Crippen LogP contribution in [0.3, 0.4) is 0 Å². The number of benzene rings is 18. The van der Waals surface area contributed by atoms with Gasteiger partial charge in [-0.05, 0) is 192 Å². The molecule has 20 rings (SSSR count). The Morgan fingerprint density at radius 3 is 0.823 bits per heavy atom. The Morgan fingerprint density at radius 2 is 0.438 bits per heavy atom. The maximum absolute atomic E-state index is 2.65. The quantitative estimate of drug-likeness (QED) is 0.133. The summed E-state index contributed by atoms with van der Waals surface area (Å²) in [5.41, 5.74) is 16.9. The van der Waals surface area contributed by atoms with E-state index in [9.17, 15) is 0 Å². The Morgan fingerprint density at radius 1 is 0.167 bits per heavy atom. The summed E-state index contributed by atoms with van der Waals surface area (Å²) in [7, 11) is 0. The lowest BCUT2D eigenvalue weighted by Crippen LogP contribution is -2.50. The lowest BCUT2D eigenvalue weighted by molar-refractivity contribution is 0.438. The third-order valence-corrected chi connectivity index (χ3v) is 21.5. The van der Waals surface area contributed by atoms with E-state index < -0.39 is 10.8 Å². The Bertz CT molecular complexity index is 5840. The van der Waals surface area contributed by atoms with Gasteiger partial charge in [0.25, 0.3) is 0 Å². The molecule has 0 radical (unpaired) electrons. The van der Waals surface area contributed by atoms with E-state index in [-0.39, 0.29) is 0 Å². The van der Waals surface area contributed by atoms with E-state index in [4.69, 9.17) is 0 Å². The Labute approximate surface area is 557 Å². The summed E-state index contributed by atoms with van der Waals surface area (Å²) in [6.45, 7) is 0. The molecule has 2 aliphatic rings. The van der Waals surface area contributed by atoms with Gasteiger partial charge in [0.15, 0.2) is 0 Å². The summed E-state index contributed by atoms with van der Waals surface area (Å²) in [6.07, 6.45) is 0. The van der Waals surface area contributed by atoms with Gasteiger partial charge >= 0.3 is 0 Å². The summed E-state index contributed by atoms with van der Waals surface area (Å²) in [4.78, 5) is 5.10. The highest BCUT2D eigenvalue weighted by molar-refractivity contribution is 6.21. The van der Waals surface area contributed by atoms with Crippen LogP contribution >= 0.6 is 0 Å². The van der Waals surface area contributed by atoms with Gasteiger partial charge in [-0.3, -0.25) is 0 Å². The first-order chi connectivity index (χ1) is 47.6. The predicted octanol–water partition coefficient (Wildman–Crippen LogP) is 25.2. The first-order valence-corrected chi connectivity index (χ1v) is 33.5. The van der Waals surface area contributed by atoms with Crippen molar-refractivity contribution in [1.82, 2.24) is 0 Å². The molecule has 0 bridgehead atoms. The van der Waals surface area contributed by atoms with Crippen molar-refractivity contribution in [2.45, 2.75) is 10.8 Å². The van der Waals surface area contributed by atoms with E-state index in [0.717, 1.165) is 34.1 Å². The minimum Gasteiger partial charge on any atom is -0.310 e. The lowest BCUT2D eigenvalue weighted by Gasteiger charge is -2.51. The summed E-state index contributed by atoms with van der Waals surface area (Å²) >= 11 is 0. The van der Waals surface area contributed by atoms with Gasteiger partial charge in [-0.1, -0.05) is 303 Å². The molecular weight excluding hydrogens is 1160 g/mol. The van der Waals surface area contributed by atoms with Gasteiger partial charge in [-0.2, -0.15) is 0 Å². The lowest BCUT2D eigenvalue weighted by atomic mass is 9.49. The van der Waals surface area contributed by atoms with Crippen LogP contribution in [-0.4, -0.2) is 0 Å². The molecule has 2 nitrogen and oxygen atoms in total. The second-order valence-corrected chi connectivity index (χ2v) is 26.1. The maximum Gasteiger partial charge on any atom is 0.0642 e. The Hall–Kier alpha value is -12.4. The zero-order valence-electron chi connectivity index (χ0n) is 52.5. The fraction of sp³-hybridized carbons (Fsp3) is 0.0213. The summed E-state index contributed by atoms with van der Waals surface area (Å²) in [6, 6.07) is 138. The number of rotatable bonds is 9. The molecule has 0 heterocycles. The Kier molecular flexibility index (Phi) is 11.9. The van der Waals surface area contributed by atoms with Crippen LogP contribution in [0.4, 0.5) is 34.1 Å². The summed E-state index contributed by atoms with van der Waals surface area (Å²) in [5, 5.41) is 19.4. The monoisotopic (exact) mass is 1220 g/mol. The standard InChI is InChI=1S/C94H60N2/c1-5-29-67(30-6-1)93(83-55-51-63-27-15-19-39-75(63)89(83)91-79-43-23-21-41-77(79)87(59-85(91)93)95(69-33-9-3-10-34-69)71-53-49-65-47-45-61-25-13-17-37-73(61)81(65)57-71)94(68-31-7-2-8-32-68)84-56-52-64-28-16-20-40-76(64)90(84)92-80-44-24-22-42-78(80)88(60-86(92)94)96(70-35-11-4-12-36-70)72-54-50-66-48-46-62-26-14-18-38-74(62)82(66)58-72/h1-60H. The fourth-order valence-electron chi connectivity index (χ4n) is 17.7. The van der Waals surface area contributed by atoms with Crippen LogP contribution in [0.2, 0.25) is 0 Å². The number of anilines is 6. The van der Waals surface area contributed by atoms with Crippen LogP contribution in [0.5, 0.6) is 0 Å². The van der Waals surface area contributed by atoms with Crippen molar-refractivity contribution in [3.63, 3.8) is 0 Å². The first-order valence-electron chi connectivity index (χ1n) is 33.5. The fourth-order valence-corrected chi connectivity index (χ4v) is 17.7. The van der Waals surface area contributed by atoms with Crippen molar-refractivity contribution in [3.05, 3.63) is 397 Å². The predicted molar refractivity (Wildman–Crippen MR) is 406 cm³/mol. The van der Waals surface area contributed by atoms with Gasteiger partial charge in [-0.25, -0.2) is 0 Å². The minimum absolute atomic E-state index is 1.02. The van der Waals surface area contributed by atoms with Crippen LogP contribution in [0.15, 0.2) is 364 Å². The van der Waals surface area contributed by atoms with Crippen molar-refractivity contribution in [2.75, 3.05) is 9.80 Å².